The normalized spacial score (nSPS) is 15.4. The van der Waals surface area contributed by atoms with Crippen molar-refractivity contribution in [1.29, 1.82) is 0 Å². The van der Waals surface area contributed by atoms with Gasteiger partial charge in [-0.2, -0.15) is 0 Å². The van der Waals surface area contributed by atoms with E-state index in [0.717, 1.165) is 34.8 Å². The molecule has 0 unspecified atom stereocenters. The predicted octanol–water partition coefficient (Wildman–Crippen LogP) is 4.21. The van der Waals surface area contributed by atoms with E-state index in [0.29, 0.717) is 12.5 Å². The number of hydrogen-bond donors (Lipinski definition) is 1. The van der Waals surface area contributed by atoms with Crippen LogP contribution in [0.1, 0.15) is 64.4 Å². The van der Waals surface area contributed by atoms with Crippen LogP contribution in [0.5, 0.6) is 0 Å². The average molecular weight is 342 g/mol. The predicted molar refractivity (Wildman–Crippen MR) is 85.1 cm³/mol. The Labute approximate surface area is 129 Å². The monoisotopic (exact) mass is 341 g/mol. The van der Waals surface area contributed by atoms with Crippen molar-refractivity contribution in [3.8, 4) is 0 Å². The Hall–Kier alpha value is -0.680. The number of ether oxygens (including phenoxy) is 1. The zero-order chi connectivity index (χ0) is 14.8. The maximum atomic E-state index is 5.80. The third-order valence-electron chi connectivity index (χ3n) is 3.43. The first kappa shape index (κ1) is 15.7. The molecule has 1 heterocycles. The van der Waals surface area contributed by atoms with Gasteiger partial charge in [-0.05, 0) is 56.0 Å². The number of aromatic nitrogens is 2. The Bertz CT molecular complexity index is 472. The Kier molecular flexibility index (Phi) is 5.02. The molecule has 0 spiro atoms. The highest BCUT2D eigenvalue weighted by Crippen LogP contribution is 2.44. The van der Waals surface area contributed by atoms with Crippen molar-refractivity contribution in [2.45, 2.75) is 58.5 Å². The van der Waals surface area contributed by atoms with Gasteiger partial charge in [0.25, 0.3) is 0 Å². The molecule has 0 aliphatic heterocycles. The number of rotatable bonds is 7. The van der Waals surface area contributed by atoms with Crippen molar-refractivity contribution >= 4 is 21.7 Å². The van der Waals surface area contributed by atoms with E-state index in [1.807, 2.05) is 20.8 Å². The molecule has 2 rings (SSSR count). The van der Waals surface area contributed by atoms with Crippen LogP contribution < -0.4 is 5.32 Å². The molecule has 20 heavy (non-hydrogen) atoms. The molecule has 1 saturated carbocycles. The van der Waals surface area contributed by atoms with Crippen molar-refractivity contribution < 1.29 is 4.74 Å². The lowest BCUT2D eigenvalue weighted by atomic mass is 10.1. The van der Waals surface area contributed by atoms with E-state index in [1.165, 1.54) is 12.8 Å². The summed E-state index contributed by atoms with van der Waals surface area (Å²) in [7, 11) is 0. The fourth-order valence-electron chi connectivity index (χ4n) is 2.15. The molecule has 112 valence electrons. The standard InChI is InChI=1S/C15H24BrN3O/c1-5-9-17-13-11(16)12(10-7-8-10)18-14(19-13)15(3,4)20-6-2/h10H,5-9H2,1-4H3,(H,17,18,19). The van der Waals surface area contributed by atoms with E-state index < -0.39 is 5.60 Å². The first-order valence-electron chi connectivity index (χ1n) is 7.45. The van der Waals surface area contributed by atoms with Gasteiger partial charge in [0.15, 0.2) is 5.82 Å². The molecular weight excluding hydrogens is 318 g/mol. The summed E-state index contributed by atoms with van der Waals surface area (Å²) in [4.78, 5) is 9.45. The molecule has 0 amide bonds. The molecule has 1 aliphatic carbocycles. The van der Waals surface area contributed by atoms with Gasteiger partial charge in [-0.1, -0.05) is 6.92 Å². The summed E-state index contributed by atoms with van der Waals surface area (Å²) in [5.41, 5.74) is 0.670. The van der Waals surface area contributed by atoms with Crippen molar-refractivity contribution in [2.75, 3.05) is 18.5 Å². The van der Waals surface area contributed by atoms with Gasteiger partial charge in [0.1, 0.15) is 11.4 Å². The first-order chi connectivity index (χ1) is 9.49. The second-order valence-electron chi connectivity index (χ2n) is 5.74. The third kappa shape index (κ3) is 3.50. The van der Waals surface area contributed by atoms with E-state index in [1.54, 1.807) is 0 Å². The summed E-state index contributed by atoms with van der Waals surface area (Å²) >= 11 is 3.66. The van der Waals surface area contributed by atoms with E-state index >= 15 is 0 Å². The minimum atomic E-state index is -0.457. The van der Waals surface area contributed by atoms with Gasteiger partial charge in [0.2, 0.25) is 0 Å². The van der Waals surface area contributed by atoms with E-state index in [2.05, 4.69) is 33.2 Å². The number of halogens is 1. The summed E-state index contributed by atoms with van der Waals surface area (Å²) in [6.45, 7) is 9.77. The number of nitrogens with zero attached hydrogens (tertiary/aromatic N) is 2. The molecular formula is C15H24BrN3O. The Morgan fingerprint density at radius 1 is 1.30 bits per heavy atom. The Morgan fingerprint density at radius 3 is 2.55 bits per heavy atom. The van der Waals surface area contributed by atoms with Crippen molar-refractivity contribution in [1.82, 2.24) is 9.97 Å². The largest absolute Gasteiger partial charge is 0.369 e. The second kappa shape index (κ2) is 6.39. The van der Waals surface area contributed by atoms with Crippen LogP contribution in [0.25, 0.3) is 0 Å². The molecule has 1 aromatic heterocycles. The molecule has 1 fully saturated rings. The highest BCUT2D eigenvalue weighted by molar-refractivity contribution is 9.10. The summed E-state index contributed by atoms with van der Waals surface area (Å²) in [6.07, 6.45) is 3.51. The van der Waals surface area contributed by atoms with Crippen LogP contribution in [0.2, 0.25) is 0 Å². The number of nitrogens with one attached hydrogen (secondary N) is 1. The molecule has 0 bridgehead atoms. The van der Waals surface area contributed by atoms with Gasteiger partial charge < -0.3 is 10.1 Å². The van der Waals surface area contributed by atoms with Gasteiger partial charge >= 0.3 is 0 Å². The molecule has 0 atom stereocenters. The van der Waals surface area contributed by atoms with E-state index in [-0.39, 0.29) is 0 Å². The van der Waals surface area contributed by atoms with Crippen LogP contribution in [0.3, 0.4) is 0 Å². The summed E-state index contributed by atoms with van der Waals surface area (Å²) in [5, 5.41) is 3.39. The summed E-state index contributed by atoms with van der Waals surface area (Å²) < 4.78 is 6.82. The Balaban J connectivity index is 2.38. The van der Waals surface area contributed by atoms with E-state index in [4.69, 9.17) is 9.72 Å². The summed E-state index contributed by atoms with van der Waals surface area (Å²) in [5.74, 6) is 2.24. The van der Waals surface area contributed by atoms with Gasteiger partial charge in [-0.15, -0.1) is 0 Å². The molecule has 5 heteroatoms. The molecule has 1 aliphatic rings. The quantitative estimate of drug-likeness (QED) is 0.806. The summed E-state index contributed by atoms with van der Waals surface area (Å²) in [6, 6.07) is 0. The van der Waals surface area contributed by atoms with Gasteiger partial charge in [-0.25, -0.2) is 9.97 Å². The molecule has 4 nitrogen and oxygen atoms in total. The van der Waals surface area contributed by atoms with Crippen LogP contribution in [-0.4, -0.2) is 23.1 Å². The van der Waals surface area contributed by atoms with Crippen LogP contribution in [0.4, 0.5) is 5.82 Å². The first-order valence-corrected chi connectivity index (χ1v) is 8.24. The third-order valence-corrected chi connectivity index (χ3v) is 4.21. The minimum Gasteiger partial charge on any atom is -0.369 e. The SMILES string of the molecule is CCCNc1nc(C(C)(C)OCC)nc(C2CC2)c1Br. The fraction of sp³-hybridized carbons (Fsp3) is 0.733. The zero-order valence-electron chi connectivity index (χ0n) is 12.8. The second-order valence-corrected chi connectivity index (χ2v) is 6.53. The van der Waals surface area contributed by atoms with E-state index in [9.17, 15) is 0 Å². The van der Waals surface area contributed by atoms with Crippen LogP contribution in [-0.2, 0) is 10.3 Å². The van der Waals surface area contributed by atoms with Crippen LogP contribution in [0, 0.1) is 0 Å². The van der Waals surface area contributed by atoms with Crippen LogP contribution in [0.15, 0.2) is 4.47 Å². The maximum Gasteiger partial charge on any atom is 0.162 e. The lowest BCUT2D eigenvalue weighted by molar-refractivity contribution is -0.0208. The molecule has 0 radical (unpaired) electrons. The van der Waals surface area contributed by atoms with Crippen molar-refractivity contribution in [2.24, 2.45) is 0 Å². The molecule has 1 aromatic rings. The van der Waals surface area contributed by atoms with Gasteiger partial charge in [0.05, 0.1) is 10.2 Å². The average Bonchev–Trinajstić information content (AvgIpc) is 3.21. The topological polar surface area (TPSA) is 47.0 Å². The lowest BCUT2D eigenvalue weighted by Crippen LogP contribution is -2.26. The highest BCUT2D eigenvalue weighted by Gasteiger charge is 2.33. The number of anilines is 1. The minimum absolute atomic E-state index is 0.457. The molecule has 0 saturated heterocycles. The Morgan fingerprint density at radius 2 is 2.00 bits per heavy atom. The maximum absolute atomic E-state index is 5.80. The fourth-order valence-corrected chi connectivity index (χ4v) is 2.79. The lowest BCUT2D eigenvalue weighted by Gasteiger charge is -2.24. The smallest absolute Gasteiger partial charge is 0.162 e. The van der Waals surface area contributed by atoms with Crippen LogP contribution >= 0.6 is 15.9 Å². The highest BCUT2D eigenvalue weighted by atomic mass is 79.9. The van der Waals surface area contributed by atoms with Crippen molar-refractivity contribution in [3.05, 3.63) is 16.0 Å². The van der Waals surface area contributed by atoms with Crippen molar-refractivity contribution in [3.63, 3.8) is 0 Å². The van der Waals surface area contributed by atoms with Gasteiger partial charge in [-0.3, -0.25) is 0 Å². The molecule has 1 N–H and O–H groups in total. The molecule has 0 aromatic carbocycles. The zero-order valence-corrected chi connectivity index (χ0v) is 14.4. The number of hydrogen-bond acceptors (Lipinski definition) is 4. The van der Waals surface area contributed by atoms with Gasteiger partial charge in [0, 0.05) is 19.1 Å².